The van der Waals surface area contributed by atoms with Crippen molar-refractivity contribution < 1.29 is 9.32 Å². The van der Waals surface area contributed by atoms with Crippen LogP contribution in [0.5, 0.6) is 0 Å². The van der Waals surface area contributed by atoms with E-state index >= 15 is 0 Å². The van der Waals surface area contributed by atoms with Gasteiger partial charge in [-0.1, -0.05) is 65.8 Å². The molecule has 4 heteroatoms. The molecule has 1 N–H and O–H groups in total. The molecule has 0 radical (unpaired) electrons. The van der Waals surface area contributed by atoms with Gasteiger partial charge in [0.1, 0.15) is 0 Å². The molecule has 1 atom stereocenters. The molecule has 0 saturated carbocycles. The molecule has 0 unspecified atom stereocenters. The Hall–Kier alpha value is -2.88. The Morgan fingerprint density at radius 3 is 2.36 bits per heavy atom. The molecule has 0 aliphatic rings. The lowest BCUT2D eigenvalue weighted by atomic mass is 10.1. The first-order valence-corrected chi connectivity index (χ1v) is 7.12. The normalized spacial score (nSPS) is 11.9. The van der Waals surface area contributed by atoms with E-state index in [2.05, 4.69) is 10.5 Å². The van der Waals surface area contributed by atoms with Gasteiger partial charge in [0.15, 0.2) is 11.5 Å². The van der Waals surface area contributed by atoms with Gasteiger partial charge in [-0.15, -0.1) is 0 Å². The number of benzene rings is 2. The minimum absolute atomic E-state index is 0.0921. The van der Waals surface area contributed by atoms with Crippen LogP contribution in [-0.4, -0.2) is 11.1 Å². The second-order valence-corrected chi connectivity index (χ2v) is 5.05. The molecule has 3 rings (SSSR count). The summed E-state index contributed by atoms with van der Waals surface area (Å²) in [4.78, 5) is 12.2. The van der Waals surface area contributed by atoms with Gasteiger partial charge in [0, 0.05) is 11.6 Å². The summed E-state index contributed by atoms with van der Waals surface area (Å²) in [6.45, 7) is 1.94. The lowest BCUT2D eigenvalue weighted by Gasteiger charge is -2.12. The maximum absolute atomic E-state index is 12.2. The van der Waals surface area contributed by atoms with Crippen molar-refractivity contribution in [2.24, 2.45) is 0 Å². The van der Waals surface area contributed by atoms with Gasteiger partial charge in [-0.25, -0.2) is 0 Å². The van der Waals surface area contributed by atoms with Gasteiger partial charge in [0.05, 0.1) is 6.04 Å². The number of hydrogen-bond acceptors (Lipinski definition) is 3. The third-order valence-electron chi connectivity index (χ3n) is 3.45. The van der Waals surface area contributed by atoms with Crippen LogP contribution >= 0.6 is 0 Å². The summed E-state index contributed by atoms with van der Waals surface area (Å²) in [6.07, 6.45) is 0. The molecule has 1 amide bonds. The van der Waals surface area contributed by atoms with E-state index in [1.807, 2.05) is 67.6 Å². The quantitative estimate of drug-likeness (QED) is 0.795. The van der Waals surface area contributed by atoms with Crippen molar-refractivity contribution in [3.63, 3.8) is 0 Å². The summed E-state index contributed by atoms with van der Waals surface area (Å²) in [6, 6.07) is 20.9. The molecule has 0 bridgehead atoms. The van der Waals surface area contributed by atoms with Crippen LogP contribution < -0.4 is 5.32 Å². The van der Waals surface area contributed by atoms with Crippen LogP contribution in [0.3, 0.4) is 0 Å². The molecule has 0 fully saturated rings. The van der Waals surface area contributed by atoms with Crippen LogP contribution in [0.15, 0.2) is 71.3 Å². The fourth-order valence-corrected chi connectivity index (χ4v) is 2.22. The fourth-order valence-electron chi connectivity index (χ4n) is 2.22. The van der Waals surface area contributed by atoms with Gasteiger partial charge in [0.2, 0.25) is 0 Å². The number of nitrogens with one attached hydrogen (secondary N) is 1. The molecular formula is C18H16N2O2. The molecule has 3 aromatic rings. The van der Waals surface area contributed by atoms with E-state index in [9.17, 15) is 4.79 Å². The highest BCUT2D eigenvalue weighted by molar-refractivity contribution is 5.93. The number of hydrogen-bond donors (Lipinski definition) is 1. The first kappa shape index (κ1) is 14.1. The van der Waals surface area contributed by atoms with E-state index in [1.54, 1.807) is 6.07 Å². The van der Waals surface area contributed by atoms with Crippen molar-refractivity contribution in [3.8, 4) is 11.3 Å². The summed E-state index contributed by atoms with van der Waals surface area (Å²) >= 11 is 0. The minimum Gasteiger partial charge on any atom is -0.355 e. The van der Waals surface area contributed by atoms with Crippen molar-refractivity contribution in [1.82, 2.24) is 10.5 Å². The zero-order chi connectivity index (χ0) is 15.4. The number of carbonyl (C=O) groups excluding carboxylic acids is 1. The zero-order valence-corrected chi connectivity index (χ0v) is 12.2. The Kier molecular flexibility index (Phi) is 4.01. The minimum atomic E-state index is -0.248. The van der Waals surface area contributed by atoms with Crippen LogP contribution in [0.1, 0.15) is 29.0 Å². The lowest BCUT2D eigenvalue weighted by Crippen LogP contribution is -2.26. The smallest absolute Gasteiger partial charge is 0.273 e. The predicted octanol–water partition coefficient (Wildman–Crippen LogP) is 3.83. The largest absolute Gasteiger partial charge is 0.355 e. The average Bonchev–Trinajstić information content (AvgIpc) is 3.06. The third kappa shape index (κ3) is 3.06. The Labute approximate surface area is 128 Å². The Morgan fingerprint density at radius 2 is 1.68 bits per heavy atom. The third-order valence-corrected chi connectivity index (χ3v) is 3.45. The standard InChI is InChI=1S/C18H16N2O2/c1-13(14-8-4-2-5-9-14)19-18(21)16-12-17(22-20-16)15-10-6-3-7-11-15/h2-13H,1H3,(H,19,21)/t13-/m1/s1. The molecule has 0 saturated heterocycles. The van der Waals surface area contributed by atoms with Gasteiger partial charge < -0.3 is 9.84 Å². The van der Waals surface area contributed by atoms with Crippen molar-refractivity contribution >= 4 is 5.91 Å². The highest BCUT2D eigenvalue weighted by atomic mass is 16.5. The molecule has 22 heavy (non-hydrogen) atoms. The van der Waals surface area contributed by atoms with Crippen molar-refractivity contribution in [2.75, 3.05) is 0 Å². The fraction of sp³-hybridized carbons (Fsp3) is 0.111. The summed E-state index contributed by atoms with van der Waals surface area (Å²) in [7, 11) is 0. The maximum atomic E-state index is 12.2. The molecule has 0 aliphatic carbocycles. The maximum Gasteiger partial charge on any atom is 0.273 e. The van der Waals surface area contributed by atoms with Crippen LogP contribution in [0.2, 0.25) is 0 Å². The molecular weight excluding hydrogens is 276 g/mol. The molecule has 1 heterocycles. The van der Waals surface area contributed by atoms with Crippen molar-refractivity contribution in [3.05, 3.63) is 78.0 Å². The molecule has 0 aliphatic heterocycles. The Bertz CT molecular complexity index is 751. The van der Waals surface area contributed by atoms with Gasteiger partial charge in [-0.3, -0.25) is 4.79 Å². The van der Waals surface area contributed by atoms with E-state index in [4.69, 9.17) is 4.52 Å². The van der Waals surface area contributed by atoms with E-state index in [-0.39, 0.29) is 17.6 Å². The van der Waals surface area contributed by atoms with Crippen molar-refractivity contribution in [1.29, 1.82) is 0 Å². The van der Waals surface area contributed by atoms with E-state index in [1.165, 1.54) is 0 Å². The van der Waals surface area contributed by atoms with Crippen LogP contribution in [-0.2, 0) is 0 Å². The van der Waals surface area contributed by atoms with E-state index in [0.717, 1.165) is 11.1 Å². The molecule has 110 valence electrons. The highest BCUT2D eigenvalue weighted by Crippen LogP contribution is 2.20. The summed E-state index contributed by atoms with van der Waals surface area (Å²) < 4.78 is 5.25. The Balaban J connectivity index is 1.72. The second-order valence-electron chi connectivity index (χ2n) is 5.05. The molecule has 2 aromatic carbocycles. The van der Waals surface area contributed by atoms with E-state index in [0.29, 0.717) is 5.76 Å². The monoisotopic (exact) mass is 292 g/mol. The van der Waals surface area contributed by atoms with Gasteiger partial charge >= 0.3 is 0 Å². The lowest BCUT2D eigenvalue weighted by molar-refractivity contribution is 0.0931. The number of nitrogens with zero attached hydrogens (tertiary/aromatic N) is 1. The van der Waals surface area contributed by atoms with E-state index < -0.39 is 0 Å². The number of aromatic nitrogens is 1. The van der Waals surface area contributed by atoms with Crippen LogP contribution in [0, 0.1) is 0 Å². The first-order valence-electron chi connectivity index (χ1n) is 7.12. The van der Waals surface area contributed by atoms with Gasteiger partial charge in [-0.2, -0.15) is 0 Å². The zero-order valence-electron chi connectivity index (χ0n) is 12.2. The molecule has 4 nitrogen and oxygen atoms in total. The predicted molar refractivity (Wildman–Crippen MR) is 84.3 cm³/mol. The van der Waals surface area contributed by atoms with Gasteiger partial charge in [-0.05, 0) is 12.5 Å². The summed E-state index contributed by atoms with van der Waals surface area (Å²) in [5, 5.41) is 6.77. The summed E-state index contributed by atoms with van der Waals surface area (Å²) in [5.41, 5.74) is 2.22. The summed E-state index contributed by atoms with van der Waals surface area (Å²) in [5.74, 6) is 0.334. The van der Waals surface area contributed by atoms with Crippen LogP contribution in [0.4, 0.5) is 0 Å². The van der Waals surface area contributed by atoms with Crippen molar-refractivity contribution in [2.45, 2.75) is 13.0 Å². The number of carbonyl (C=O) groups is 1. The van der Waals surface area contributed by atoms with Gasteiger partial charge in [0.25, 0.3) is 5.91 Å². The SMILES string of the molecule is C[C@@H](NC(=O)c1cc(-c2ccccc2)on1)c1ccccc1. The second kappa shape index (κ2) is 6.26. The number of amides is 1. The Morgan fingerprint density at radius 1 is 1.05 bits per heavy atom. The average molecular weight is 292 g/mol. The van der Waals surface area contributed by atoms with Crippen LogP contribution in [0.25, 0.3) is 11.3 Å². The topological polar surface area (TPSA) is 55.1 Å². The first-order chi connectivity index (χ1) is 10.7. The molecule has 0 spiro atoms. The number of rotatable bonds is 4. The molecule has 1 aromatic heterocycles. The highest BCUT2D eigenvalue weighted by Gasteiger charge is 2.16.